The Labute approximate surface area is 120 Å². The lowest BCUT2D eigenvalue weighted by Gasteiger charge is -2.46. The van der Waals surface area contributed by atoms with Crippen molar-refractivity contribution in [2.45, 2.75) is 57.9 Å². The third kappa shape index (κ3) is 3.03. The van der Waals surface area contributed by atoms with E-state index in [4.69, 9.17) is 4.74 Å². The number of halogens is 1. The van der Waals surface area contributed by atoms with Gasteiger partial charge in [-0.15, -0.1) is 0 Å². The highest BCUT2D eigenvalue weighted by Crippen LogP contribution is 2.33. The first-order chi connectivity index (χ1) is 9.27. The first kappa shape index (κ1) is 15.4. The van der Waals surface area contributed by atoms with E-state index in [9.17, 15) is 9.50 Å². The van der Waals surface area contributed by atoms with Crippen LogP contribution >= 0.6 is 0 Å². The summed E-state index contributed by atoms with van der Waals surface area (Å²) in [4.78, 5) is 0. The quantitative estimate of drug-likeness (QED) is 0.895. The van der Waals surface area contributed by atoms with Crippen LogP contribution in [0.2, 0.25) is 0 Å². The van der Waals surface area contributed by atoms with E-state index in [1.54, 1.807) is 0 Å². The number of aryl methyl sites for hydroxylation is 1. The lowest BCUT2D eigenvalue weighted by Crippen LogP contribution is -2.63. The van der Waals surface area contributed by atoms with E-state index in [0.29, 0.717) is 12.2 Å². The van der Waals surface area contributed by atoms with Crippen molar-refractivity contribution in [3.8, 4) is 0 Å². The predicted octanol–water partition coefficient (Wildman–Crippen LogP) is 2.71. The zero-order chi connectivity index (χ0) is 15.0. The molecule has 0 spiro atoms. The van der Waals surface area contributed by atoms with Crippen LogP contribution in [0.1, 0.15) is 45.2 Å². The Bertz CT molecular complexity index is 489. The molecule has 2 unspecified atom stereocenters. The second-order valence-electron chi connectivity index (χ2n) is 6.33. The Kier molecular flexibility index (Phi) is 4.19. The zero-order valence-corrected chi connectivity index (χ0v) is 12.7. The zero-order valence-electron chi connectivity index (χ0n) is 12.7. The topological polar surface area (TPSA) is 41.5 Å². The Morgan fingerprint density at radius 1 is 1.40 bits per heavy atom. The van der Waals surface area contributed by atoms with Crippen molar-refractivity contribution in [2.24, 2.45) is 0 Å². The molecule has 1 aromatic carbocycles. The molecule has 0 radical (unpaired) electrons. The van der Waals surface area contributed by atoms with Gasteiger partial charge in [-0.05, 0) is 44.9 Å². The molecule has 0 aliphatic carbocycles. The van der Waals surface area contributed by atoms with Crippen LogP contribution < -0.4 is 5.32 Å². The fraction of sp³-hybridized carbons (Fsp3) is 0.625. The Morgan fingerprint density at radius 3 is 2.70 bits per heavy atom. The molecular weight excluding hydrogens is 257 g/mol. The first-order valence-electron chi connectivity index (χ1n) is 7.21. The van der Waals surface area contributed by atoms with Gasteiger partial charge in [0.25, 0.3) is 0 Å². The van der Waals surface area contributed by atoms with Crippen LogP contribution in [0.25, 0.3) is 0 Å². The highest BCUT2D eigenvalue weighted by Gasteiger charge is 2.45. The lowest BCUT2D eigenvalue weighted by molar-refractivity contribution is -0.263. The molecule has 4 heteroatoms. The van der Waals surface area contributed by atoms with Crippen LogP contribution in [-0.4, -0.2) is 23.3 Å². The van der Waals surface area contributed by atoms with Crippen molar-refractivity contribution in [2.75, 3.05) is 6.61 Å². The largest absolute Gasteiger partial charge is 0.361 e. The summed E-state index contributed by atoms with van der Waals surface area (Å²) >= 11 is 0. The molecule has 1 aliphatic heterocycles. The molecule has 1 saturated heterocycles. The number of hydrogen-bond acceptors (Lipinski definition) is 3. The summed E-state index contributed by atoms with van der Waals surface area (Å²) in [6, 6.07) is 4.39. The highest BCUT2D eigenvalue weighted by atomic mass is 19.1. The van der Waals surface area contributed by atoms with Gasteiger partial charge in [0.1, 0.15) is 5.82 Å². The molecule has 1 heterocycles. The van der Waals surface area contributed by atoms with E-state index in [-0.39, 0.29) is 17.4 Å². The maximum atomic E-state index is 13.8. The van der Waals surface area contributed by atoms with E-state index in [1.807, 2.05) is 33.8 Å². The standard InChI is InChI=1S/C16H24FNO2/c1-5-6-12-7-13(9-14(17)8-12)16(19)11(2)18-15(3,4)10-20-16/h7-9,11,18-19H,5-6,10H2,1-4H3. The number of rotatable bonds is 3. The number of hydrogen-bond donors (Lipinski definition) is 2. The molecule has 0 aromatic heterocycles. The Morgan fingerprint density at radius 2 is 2.10 bits per heavy atom. The van der Waals surface area contributed by atoms with Gasteiger partial charge in [0.05, 0.1) is 12.6 Å². The molecule has 0 amide bonds. The van der Waals surface area contributed by atoms with Gasteiger partial charge in [0.2, 0.25) is 5.79 Å². The Hall–Kier alpha value is -0.970. The monoisotopic (exact) mass is 281 g/mol. The van der Waals surface area contributed by atoms with Crippen LogP contribution in [0, 0.1) is 5.82 Å². The maximum Gasteiger partial charge on any atom is 0.208 e. The fourth-order valence-corrected chi connectivity index (χ4v) is 2.76. The van der Waals surface area contributed by atoms with Crippen molar-refractivity contribution in [1.82, 2.24) is 5.32 Å². The third-order valence-electron chi connectivity index (χ3n) is 3.76. The third-order valence-corrected chi connectivity index (χ3v) is 3.76. The minimum absolute atomic E-state index is 0.203. The Balaban J connectivity index is 2.34. The SMILES string of the molecule is CCCc1cc(F)cc(C2(O)OCC(C)(C)NC2C)c1. The minimum Gasteiger partial charge on any atom is -0.361 e. The van der Waals surface area contributed by atoms with Gasteiger partial charge in [-0.25, -0.2) is 4.39 Å². The van der Waals surface area contributed by atoms with Gasteiger partial charge in [0.15, 0.2) is 0 Å². The number of nitrogens with one attached hydrogen (secondary N) is 1. The molecule has 1 fully saturated rings. The fourth-order valence-electron chi connectivity index (χ4n) is 2.76. The molecule has 3 nitrogen and oxygen atoms in total. The van der Waals surface area contributed by atoms with Crippen LogP contribution in [0.4, 0.5) is 4.39 Å². The summed E-state index contributed by atoms with van der Waals surface area (Å²) in [7, 11) is 0. The molecular formula is C16H24FNO2. The van der Waals surface area contributed by atoms with Crippen molar-refractivity contribution in [1.29, 1.82) is 0 Å². The summed E-state index contributed by atoms with van der Waals surface area (Å²) in [5.74, 6) is -1.82. The number of morpholine rings is 1. The smallest absolute Gasteiger partial charge is 0.208 e. The van der Waals surface area contributed by atoms with Gasteiger partial charge >= 0.3 is 0 Å². The van der Waals surface area contributed by atoms with Crippen molar-refractivity contribution < 1.29 is 14.2 Å². The van der Waals surface area contributed by atoms with E-state index < -0.39 is 5.79 Å². The molecule has 112 valence electrons. The summed E-state index contributed by atoms with van der Waals surface area (Å²) in [5.41, 5.74) is 1.17. The lowest BCUT2D eigenvalue weighted by atomic mass is 9.91. The van der Waals surface area contributed by atoms with Crippen LogP contribution in [0.3, 0.4) is 0 Å². The number of aliphatic hydroxyl groups is 1. The van der Waals surface area contributed by atoms with Crippen molar-refractivity contribution in [3.63, 3.8) is 0 Å². The van der Waals surface area contributed by atoms with Crippen LogP contribution in [0.5, 0.6) is 0 Å². The van der Waals surface area contributed by atoms with Gasteiger partial charge in [0, 0.05) is 11.1 Å². The number of benzene rings is 1. The second kappa shape index (κ2) is 5.43. The molecule has 0 saturated carbocycles. The molecule has 2 atom stereocenters. The van der Waals surface area contributed by atoms with E-state index >= 15 is 0 Å². The average molecular weight is 281 g/mol. The van der Waals surface area contributed by atoms with Gasteiger partial charge < -0.3 is 15.2 Å². The average Bonchev–Trinajstić information content (AvgIpc) is 2.34. The molecule has 2 rings (SSSR count). The van der Waals surface area contributed by atoms with E-state index in [0.717, 1.165) is 18.4 Å². The van der Waals surface area contributed by atoms with Crippen molar-refractivity contribution >= 4 is 0 Å². The summed E-state index contributed by atoms with van der Waals surface area (Å²) in [6.45, 7) is 8.29. The molecule has 1 aromatic rings. The summed E-state index contributed by atoms with van der Waals surface area (Å²) in [6.07, 6.45) is 1.72. The summed E-state index contributed by atoms with van der Waals surface area (Å²) in [5, 5.41) is 14.1. The first-order valence-corrected chi connectivity index (χ1v) is 7.21. The van der Waals surface area contributed by atoms with E-state index in [2.05, 4.69) is 5.32 Å². The van der Waals surface area contributed by atoms with Crippen LogP contribution in [0.15, 0.2) is 18.2 Å². The second-order valence-corrected chi connectivity index (χ2v) is 6.33. The van der Waals surface area contributed by atoms with E-state index in [1.165, 1.54) is 12.1 Å². The van der Waals surface area contributed by atoms with Crippen LogP contribution in [-0.2, 0) is 16.9 Å². The molecule has 1 aliphatic rings. The highest BCUT2D eigenvalue weighted by molar-refractivity contribution is 5.30. The van der Waals surface area contributed by atoms with Gasteiger partial charge in [-0.2, -0.15) is 0 Å². The van der Waals surface area contributed by atoms with Gasteiger partial charge in [-0.3, -0.25) is 0 Å². The van der Waals surface area contributed by atoms with Crippen molar-refractivity contribution in [3.05, 3.63) is 35.1 Å². The molecule has 20 heavy (non-hydrogen) atoms. The number of ether oxygens (including phenoxy) is 1. The maximum absolute atomic E-state index is 13.8. The predicted molar refractivity (Wildman–Crippen MR) is 76.9 cm³/mol. The van der Waals surface area contributed by atoms with Gasteiger partial charge in [-0.1, -0.05) is 19.4 Å². The normalized spacial score (nSPS) is 29.4. The summed E-state index contributed by atoms with van der Waals surface area (Å²) < 4.78 is 19.5. The molecule has 2 N–H and O–H groups in total. The molecule has 0 bridgehead atoms. The minimum atomic E-state index is -1.49.